The predicted octanol–water partition coefficient (Wildman–Crippen LogP) is 4.48. The second-order valence-electron chi connectivity index (χ2n) is 7.27. The van der Waals surface area contributed by atoms with Crippen LogP contribution in [0.25, 0.3) is 10.8 Å². The normalized spacial score (nSPS) is 14.6. The van der Waals surface area contributed by atoms with Crippen molar-refractivity contribution in [3.05, 3.63) is 72.3 Å². The first-order valence-corrected chi connectivity index (χ1v) is 9.97. The molecule has 1 heterocycles. The Morgan fingerprint density at radius 2 is 1.62 bits per heavy atom. The van der Waals surface area contributed by atoms with Gasteiger partial charge in [-0.1, -0.05) is 48.5 Å². The molecule has 1 aliphatic rings. The SMILES string of the molecule is CC(Oc1cccc2ccccc12)C(=O)Nc1ccccc1C(=O)N1CCCC1. The predicted molar refractivity (Wildman–Crippen MR) is 114 cm³/mol. The van der Waals surface area contributed by atoms with E-state index < -0.39 is 6.10 Å². The number of carbonyl (C=O) groups is 2. The lowest BCUT2D eigenvalue weighted by Gasteiger charge is -2.20. The van der Waals surface area contributed by atoms with Crippen LogP contribution in [0.1, 0.15) is 30.1 Å². The smallest absolute Gasteiger partial charge is 0.265 e. The molecular weight excluding hydrogens is 364 g/mol. The summed E-state index contributed by atoms with van der Waals surface area (Å²) in [5, 5.41) is 4.88. The van der Waals surface area contributed by atoms with E-state index in [1.165, 1.54) is 0 Å². The van der Waals surface area contributed by atoms with E-state index in [0.717, 1.165) is 36.7 Å². The Bertz CT molecular complexity index is 1040. The van der Waals surface area contributed by atoms with Crippen molar-refractivity contribution in [2.45, 2.75) is 25.9 Å². The first kappa shape index (κ1) is 19.0. The fourth-order valence-electron chi connectivity index (χ4n) is 3.65. The van der Waals surface area contributed by atoms with Crippen molar-refractivity contribution in [3.8, 4) is 5.75 Å². The number of hydrogen-bond donors (Lipinski definition) is 1. The van der Waals surface area contributed by atoms with Gasteiger partial charge in [0.2, 0.25) is 0 Å². The van der Waals surface area contributed by atoms with Crippen molar-refractivity contribution in [1.29, 1.82) is 0 Å². The highest BCUT2D eigenvalue weighted by molar-refractivity contribution is 6.04. The number of amides is 2. The van der Waals surface area contributed by atoms with Crippen LogP contribution in [0.3, 0.4) is 0 Å². The molecule has 0 bridgehead atoms. The van der Waals surface area contributed by atoms with Gasteiger partial charge in [0.25, 0.3) is 11.8 Å². The van der Waals surface area contributed by atoms with Crippen molar-refractivity contribution in [2.75, 3.05) is 18.4 Å². The summed E-state index contributed by atoms with van der Waals surface area (Å²) >= 11 is 0. The molecule has 1 aliphatic heterocycles. The van der Waals surface area contributed by atoms with Gasteiger partial charge in [-0.3, -0.25) is 9.59 Å². The average molecular weight is 388 g/mol. The lowest BCUT2D eigenvalue weighted by atomic mass is 10.1. The second kappa shape index (κ2) is 8.35. The Kier molecular flexibility index (Phi) is 5.47. The third-order valence-electron chi connectivity index (χ3n) is 5.23. The van der Waals surface area contributed by atoms with E-state index in [1.807, 2.05) is 59.5 Å². The first-order chi connectivity index (χ1) is 14.1. The molecule has 0 spiro atoms. The van der Waals surface area contributed by atoms with Crippen LogP contribution in [0.4, 0.5) is 5.69 Å². The maximum absolute atomic E-state index is 12.8. The Hall–Kier alpha value is -3.34. The highest BCUT2D eigenvalue weighted by Crippen LogP contribution is 2.26. The molecule has 5 nitrogen and oxygen atoms in total. The monoisotopic (exact) mass is 388 g/mol. The average Bonchev–Trinajstić information content (AvgIpc) is 3.29. The number of para-hydroxylation sites is 1. The lowest BCUT2D eigenvalue weighted by Crippen LogP contribution is -2.32. The highest BCUT2D eigenvalue weighted by Gasteiger charge is 2.23. The molecule has 29 heavy (non-hydrogen) atoms. The van der Waals surface area contributed by atoms with Crippen molar-refractivity contribution in [2.24, 2.45) is 0 Å². The van der Waals surface area contributed by atoms with E-state index in [1.54, 1.807) is 19.1 Å². The number of ether oxygens (including phenoxy) is 1. The Morgan fingerprint density at radius 3 is 2.45 bits per heavy atom. The highest BCUT2D eigenvalue weighted by atomic mass is 16.5. The van der Waals surface area contributed by atoms with Crippen LogP contribution in [0, 0.1) is 0 Å². The Morgan fingerprint density at radius 1 is 0.931 bits per heavy atom. The molecule has 5 heteroatoms. The van der Waals surface area contributed by atoms with E-state index >= 15 is 0 Å². The van der Waals surface area contributed by atoms with Gasteiger partial charge in [0.05, 0.1) is 11.3 Å². The summed E-state index contributed by atoms with van der Waals surface area (Å²) in [5.74, 6) is 0.327. The van der Waals surface area contributed by atoms with Gasteiger partial charge >= 0.3 is 0 Å². The van der Waals surface area contributed by atoms with E-state index in [9.17, 15) is 9.59 Å². The largest absolute Gasteiger partial charge is 0.480 e. The van der Waals surface area contributed by atoms with Gasteiger partial charge in [0, 0.05) is 18.5 Å². The number of nitrogens with zero attached hydrogens (tertiary/aromatic N) is 1. The van der Waals surface area contributed by atoms with Crippen LogP contribution >= 0.6 is 0 Å². The fraction of sp³-hybridized carbons (Fsp3) is 0.250. The molecule has 3 aromatic rings. The van der Waals surface area contributed by atoms with Crippen LogP contribution in [0.15, 0.2) is 66.7 Å². The van der Waals surface area contributed by atoms with Crippen LogP contribution in [0.2, 0.25) is 0 Å². The minimum Gasteiger partial charge on any atom is -0.480 e. The summed E-state index contributed by atoms with van der Waals surface area (Å²) in [5.41, 5.74) is 1.03. The molecule has 1 unspecified atom stereocenters. The molecular formula is C24H24N2O3. The van der Waals surface area contributed by atoms with E-state index in [2.05, 4.69) is 5.32 Å². The van der Waals surface area contributed by atoms with Crippen LogP contribution in [-0.4, -0.2) is 35.9 Å². The number of rotatable bonds is 5. The Balaban J connectivity index is 1.50. The number of benzene rings is 3. The lowest BCUT2D eigenvalue weighted by molar-refractivity contribution is -0.122. The molecule has 1 fully saturated rings. The number of carbonyl (C=O) groups excluding carboxylic acids is 2. The summed E-state index contributed by atoms with van der Waals surface area (Å²) < 4.78 is 5.95. The molecule has 1 saturated heterocycles. The van der Waals surface area contributed by atoms with Gasteiger partial charge in [0.1, 0.15) is 5.75 Å². The van der Waals surface area contributed by atoms with Crippen LogP contribution in [0.5, 0.6) is 5.75 Å². The van der Waals surface area contributed by atoms with E-state index in [4.69, 9.17) is 4.74 Å². The van der Waals surface area contributed by atoms with Gasteiger partial charge in [-0.05, 0) is 43.4 Å². The molecule has 148 valence electrons. The zero-order valence-electron chi connectivity index (χ0n) is 16.4. The first-order valence-electron chi connectivity index (χ1n) is 9.97. The van der Waals surface area contributed by atoms with Gasteiger partial charge in [-0.25, -0.2) is 0 Å². The third kappa shape index (κ3) is 4.09. The summed E-state index contributed by atoms with van der Waals surface area (Å²) in [6, 6.07) is 20.8. The van der Waals surface area contributed by atoms with Crippen molar-refractivity contribution in [3.63, 3.8) is 0 Å². The number of anilines is 1. The minimum absolute atomic E-state index is 0.0407. The van der Waals surface area contributed by atoms with Crippen LogP contribution < -0.4 is 10.1 Å². The molecule has 1 N–H and O–H groups in total. The van der Waals surface area contributed by atoms with Crippen LogP contribution in [-0.2, 0) is 4.79 Å². The van der Waals surface area contributed by atoms with Gasteiger partial charge in [-0.15, -0.1) is 0 Å². The second-order valence-corrected chi connectivity index (χ2v) is 7.27. The molecule has 4 rings (SSSR count). The zero-order chi connectivity index (χ0) is 20.2. The summed E-state index contributed by atoms with van der Waals surface area (Å²) in [6.07, 6.45) is 1.34. The standard InChI is InChI=1S/C24H24N2O3/c1-17(29-22-14-8-10-18-9-2-3-11-19(18)22)23(27)25-21-13-5-4-12-20(21)24(28)26-15-6-7-16-26/h2-5,8-14,17H,6-7,15-16H2,1H3,(H,25,27). The molecule has 0 saturated carbocycles. The number of fused-ring (bicyclic) bond motifs is 1. The zero-order valence-corrected chi connectivity index (χ0v) is 16.4. The van der Waals surface area contributed by atoms with E-state index in [0.29, 0.717) is 17.0 Å². The number of hydrogen-bond acceptors (Lipinski definition) is 3. The van der Waals surface area contributed by atoms with Crippen molar-refractivity contribution >= 4 is 28.3 Å². The van der Waals surface area contributed by atoms with Crippen molar-refractivity contribution in [1.82, 2.24) is 4.90 Å². The fourth-order valence-corrected chi connectivity index (χ4v) is 3.65. The molecule has 2 amide bonds. The minimum atomic E-state index is -0.712. The number of likely N-dealkylation sites (tertiary alicyclic amines) is 1. The van der Waals surface area contributed by atoms with E-state index in [-0.39, 0.29) is 11.8 Å². The third-order valence-corrected chi connectivity index (χ3v) is 5.23. The number of nitrogens with one attached hydrogen (secondary N) is 1. The summed E-state index contributed by atoms with van der Waals surface area (Å²) in [6.45, 7) is 3.24. The maximum Gasteiger partial charge on any atom is 0.265 e. The molecule has 0 radical (unpaired) electrons. The quantitative estimate of drug-likeness (QED) is 0.701. The maximum atomic E-state index is 12.8. The van der Waals surface area contributed by atoms with Gasteiger partial charge in [0.15, 0.2) is 6.10 Å². The topological polar surface area (TPSA) is 58.6 Å². The Labute approximate surface area is 170 Å². The molecule has 0 aromatic heterocycles. The summed E-state index contributed by atoms with van der Waals surface area (Å²) in [4.78, 5) is 27.4. The van der Waals surface area contributed by atoms with Gasteiger partial charge in [-0.2, -0.15) is 0 Å². The van der Waals surface area contributed by atoms with Crippen molar-refractivity contribution < 1.29 is 14.3 Å². The molecule has 3 aromatic carbocycles. The summed E-state index contributed by atoms with van der Waals surface area (Å²) in [7, 11) is 0. The molecule has 1 atom stereocenters. The van der Waals surface area contributed by atoms with Gasteiger partial charge < -0.3 is 15.0 Å². The molecule has 0 aliphatic carbocycles.